The third-order valence-electron chi connectivity index (χ3n) is 4.58. The Morgan fingerprint density at radius 3 is 2.09 bits per heavy atom. The SMILES string of the molecule is CCOC(=O)/C=C(/Nc1ccc(F)c(F)c1)c1ccc(Cc2ccc(OC(F)(F)F)cc2)cc1. The molecule has 0 amide bonds. The number of alkyl halides is 3. The maximum Gasteiger partial charge on any atom is 0.573 e. The number of ether oxygens (including phenoxy) is 2. The van der Waals surface area contributed by atoms with Crippen LogP contribution >= 0.6 is 0 Å². The molecular formula is C25H20F5NO3. The number of carbonyl (C=O) groups is 1. The van der Waals surface area contributed by atoms with Gasteiger partial charge in [-0.15, -0.1) is 13.2 Å². The zero-order valence-electron chi connectivity index (χ0n) is 18.0. The minimum atomic E-state index is -4.75. The first-order valence-electron chi connectivity index (χ1n) is 10.2. The van der Waals surface area contributed by atoms with Crippen molar-refractivity contribution in [2.24, 2.45) is 0 Å². The predicted octanol–water partition coefficient (Wildman–Crippen LogP) is 6.47. The fourth-order valence-corrected chi connectivity index (χ4v) is 3.07. The van der Waals surface area contributed by atoms with Crippen LogP contribution in [0.25, 0.3) is 5.70 Å². The zero-order valence-corrected chi connectivity index (χ0v) is 18.0. The van der Waals surface area contributed by atoms with Crippen LogP contribution < -0.4 is 10.1 Å². The third kappa shape index (κ3) is 7.33. The van der Waals surface area contributed by atoms with Crippen LogP contribution in [0.4, 0.5) is 27.6 Å². The lowest BCUT2D eigenvalue weighted by atomic mass is 10.0. The Morgan fingerprint density at radius 1 is 0.912 bits per heavy atom. The van der Waals surface area contributed by atoms with Crippen LogP contribution in [0.15, 0.2) is 72.8 Å². The predicted molar refractivity (Wildman–Crippen MR) is 117 cm³/mol. The van der Waals surface area contributed by atoms with Crippen molar-refractivity contribution in [3.05, 3.63) is 101 Å². The molecule has 0 aliphatic heterocycles. The van der Waals surface area contributed by atoms with E-state index in [1.54, 1.807) is 31.2 Å². The highest BCUT2D eigenvalue weighted by Gasteiger charge is 2.30. The number of esters is 1. The molecule has 3 rings (SSSR count). The number of carbonyl (C=O) groups excluding carboxylic acids is 1. The van der Waals surface area contributed by atoms with Crippen molar-refractivity contribution in [2.45, 2.75) is 19.7 Å². The Hall–Kier alpha value is -3.88. The van der Waals surface area contributed by atoms with Gasteiger partial charge in [0.25, 0.3) is 0 Å². The Morgan fingerprint density at radius 2 is 1.53 bits per heavy atom. The van der Waals surface area contributed by atoms with Gasteiger partial charge in [0.1, 0.15) is 5.75 Å². The molecule has 0 fully saturated rings. The highest BCUT2D eigenvalue weighted by Crippen LogP contribution is 2.25. The lowest BCUT2D eigenvalue weighted by Gasteiger charge is -2.13. The van der Waals surface area contributed by atoms with Gasteiger partial charge in [-0.2, -0.15) is 0 Å². The molecule has 0 heterocycles. The molecule has 9 heteroatoms. The van der Waals surface area contributed by atoms with E-state index in [0.717, 1.165) is 23.3 Å². The van der Waals surface area contributed by atoms with Gasteiger partial charge in [0.05, 0.1) is 12.3 Å². The second kappa shape index (κ2) is 10.8. The fraction of sp³-hybridized carbons (Fsp3) is 0.160. The summed E-state index contributed by atoms with van der Waals surface area (Å²) < 4.78 is 72.5. The summed E-state index contributed by atoms with van der Waals surface area (Å²) in [5, 5.41) is 2.89. The topological polar surface area (TPSA) is 47.6 Å². The number of rotatable bonds is 8. The summed E-state index contributed by atoms with van der Waals surface area (Å²) in [6, 6.07) is 15.8. The van der Waals surface area contributed by atoms with Crippen LogP contribution in [0.5, 0.6) is 5.75 Å². The summed E-state index contributed by atoms with van der Waals surface area (Å²) in [5.74, 6) is -2.95. The fourth-order valence-electron chi connectivity index (χ4n) is 3.07. The van der Waals surface area contributed by atoms with Gasteiger partial charge < -0.3 is 14.8 Å². The van der Waals surface area contributed by atoms with Crippen molar-refractivity contribution in [3.63, 3.8) is 0 Å². The average molecular weight is 477 g/mol. The zero-order chi connectivity index (χ0) is 24.7. The Bertz CT molecular complexity index is 1160. The molecule has 0 aliphatic carbocycles. The molecule has 0 spiro atoms. The first-order valence-corrected chi connectivity index (χ1v) is 10.2. The summed E-state index contributed by atoms with van der Waals surface area (Å²) >= 11 is 0. The summed E-state index contributed by atoms with van der Waals surface area (Å²) in [5.41, 5.74) is 2.75. The summed E-state index contributed by atoms with van der Waals surface area (Å²) in [7, 11) is 0. The van der Waals surface area contributed by atoms with Crippen molar-refractivity contribution in [1.29, 1.82) is 0 Å². The van der Waals surface area contributed by atoms with Crippen molar-refractivity contribution in [3.8, 4) is 5.75 Å². The number of anilines is 1. The lowest BCUT2D eigenvalue weighted by Crippen LogP contribution is -2.17. The molecule has 0 saturated carbocycles. The first-order chi connectivity index (χ1) is 16.1. The monoisotopic (exact) mass is 477 g/mol. The molecule has 0 saturated heterocycles. The highest BCUT2D eigenvalue weighted by molar-refractivity contribution is 5.94. The minimum Gasteiger partial charge on any atom is -0.463 e. The van der Waals surface area contributed by atoms with Crippen LogP contribution in [-0.2, 0) is 16.0 Å². The van der Waals surface area contributed by atoms with Gasteiger partial charge in [-0.25, -0.2) is 13.6 Å². The second-order valence-electron chi connectivity index (χ2n) is 7.13. The molecule has 1 N–H and O–H groups in total. The molecule has 0 aromatic heterocycles. The second-order valence-corrected chi connectivity index (χ2v) is 7.13. The van der Waals surface area contributed by atoms with Gasteiger partial charge in [-0.05, 0) is 54.3 Å². The molecule has 3 aromatic rings. The molecule has 3 aromatic carbocycles. The Labute approximate surface area is 192 Å². The molecule has 0 radical (unpaired) electrons. The smallest absolute Gasteiger partial charge is 0.463 e. The van der Waals surface area contributed by atoms with Gasteiger partial charge >= 0.3 is 12.3 Å². The van der Waals surface area contributed by atoms with Crippen molar-refractivity contribution in [2.75, 3.05) is 11.9 Å². The van der Waals surface area contributed by atoms with E-state index in [-0.39, 0.29) is 18.0 Å². The quantitative estimate of drug-likeness (QED) is 0.230. The summed E-state index contributed by atoms with van der Waals surface area (Å²) in [6.45, 7) is 1.82. The standard InChI is InChI=1S/C25H20F5NO3/c1-2-33-24(32)15-23(31-19-9-12-21(26)22(27)14-19)18-7-3-16(4-8-18)13-17-5-10-20(11-6-17)34-25(28,29)30/h3-12,14-15,31H,2,13H2,1H3/b23-15+. The van der Waals surface area contributed by atoms with E-state index in [1.807, 2.05) is 0 Å². The number of benzene rings is 3. The van der Waals surface area contributed by atoms with Gasteiger partial charge in [-0.3, -0.25) is 0 Å². The molecule has 178 valence electrons. The van der Waals surface area contributed by atoms with E-state index in [4.69, 9.17) is 4.74 Å². The molecule has 0 bridgehead atoms. The Balaban J connectivity index is 1.77. The molecule has 0 unspecified atom stereocenters. The molecule has 0 aliphatic rings. The van der Waals surface area contributed by atoms with E-state index < -0.39 is 24.0 Å². The van der Waals surface area contributed by atoms with Gasteiger partial charge in [0, 0.05) is 17.8 Å². The maximum absolute atomic E-state index is 13.6. The number of hydrogen-bond acceptors (Lipinski definition) is 4. The largest absolute Gasteiger partial charge is 0.573 e. The molecular weight excluding hydrogens is 457 g/mol. The average Bonchev–Trinajstić information content (AvgIpc) is 2.77. The number of hydrogen-bond donors (Lipinski definition) is 1. The first kappa shape index (κ1) is 24.8. The van der Waals surface area contributed by atoms with Crippen LogP contribution in [0.1, 0.15) is 23.6 Å². The highest BCUT2D eigenvalue weighted by atomic mass is 19.4. The van der Waals surface area contributed by atoms with E-state index in [2.05, 4.69) is 10.1 Å². The number of halogens is 5. The lowest BCUT2D eigenvalue weighted by molar-refractivity contribution is -0.274. The van der Waals surface area contributed by atoms with E-state index in [9.17, 15) is 26.7 Å². The molecule has 0 atom stereocenters. The van der Waals surface area contributed by atoms with Gasteiger partial charge in [-0.1, -0.05) is 36.4 Å². The Kier molecular flexibility index (Phi) is 7.88. The van der Waals surface area contributed by atoms with Crippen LogP contribution in [0, 0.1) is 11.6 Å². The normalized spacial score (nSPS) is 11.8. The number of nitrogens with one attached hydrogen (secondary N) is 1. The maximum atomic E-state index is 13.6. The van der Waals surface area contributed by atoms with E-state index in [1.165, 1.54) is 36.4 Å². The molecule has 4 nitrogen and oxygen atoms in total. The van der Waals surface area contributed by atoms with Gasteiger partial charge in [0.2, 0.25) is 0 Å². The van der Waals surface area contributed by atoms with Crippen molar-refractivity contribution < 1.29 is 36.2 Å². The molecule has 34 heavy (non-hydrogen) atoms. The van der Waals surface area contributed by atoms with Crippen molar-refractivity contribution in [1.82, 2.24) is 0 Å². The summed E-state index contributed by atoms with van der Waals surface area (Å²) in [6.07, 6.45) is -3.10. The van der Waals surface area contributed by atoms with Crippen LogP contribution in [0.2, 0.25) is 0 Å². The van der Waals surface area contributed by atoms with Gasteiger partial charge in [0.15, 0.2) is 11.6 Å². The summed E-state index contributed by atoms with van der Waals surface area (Å²) in [4.78, 5) is 12.0. The van der Waals surface area contributed by atoms with E-state index >= 15 is 0 Å². The minimum absolute atomic E-state index is 0.166. The van der Waals surface area contributed by atoms with Crippen molar-refractivity contribution >= 4 is 17.4 Å². The van der Waals surface area contributed by atoms with Crippen LogP contribution in [-0.4, -0.2) is 18.9 Å². The third-order valence-corrected chi connectivity index (χ3v) is 4.58. The van der Waals surface area contributed by atoms with Crippen LogP contribution in [0.3, 0.4) is 0 Å². The van der Waals surface area contributed by atoms with E-state index in [0.29, 0.717) is 17.7 Å².